The predicted octanol–water partition coefficient (Wildman–Crippen LogP) is 3.37. The van der Waals surface area contributed by atoms with Gasteiger partial charge >= 0.3 is 0 Å². The van der Waals surface area contributed by atoms with Crippen LogP contribution in [-0.2, 0) is 0 Å². The lowest BCUT2D eigenvalue weighted by atomic mass is 10.2. The van der Waals surface area contributed by atoms with Gasteiger partial charge in [-0.05, 0) is 12.1 Å². The summed E-state index contributed by atoms with van der Waals surface area (Å²) < 4.78 is 0. The molecule has 68 valence electrons. The van der Waals surface area contributed by atoms with Gasteiger partial charge in [-0.1, -0.05) is 29.8 Å². The third kappa shape index (κ3) is 1.01. The molecule has 0 unspecified atom stereocenters. The van der Waals surface area contributed by atoms with E-state index in [0.717, 1.165) is 21.9 Å². The summed E-state index contributed by atoms with van der Waals surface area (Å²) in [6.07, 6.45) is 1.67. The Labute approximate surface area is 85.5 Å². The second-order valence-electron chi connectivity index (χ2n) is 3.22. The van der Waals surface area contributed by atoms with Crippen molar-refractivity contribution in [2.24, 2.45) is 0 Å². The summed E-state index contributed by atoms with van der Waals surface area (Å²) in [5.41, 5.74) is 3.06. The molecule has 0 atom stereocenters. The van der Waals surface area contributed by atoms with Crippen molar-refractivity contribution in [2.75, 3.05) is 0 Å². The molecule has 0 amide bonds. The van der Waals surface area contributed by atoms with Crippen LogP contribution in [0, 0.1) is 0 Å². The van der Waals surface area contributed by atoms with Gasteiger partial charge in [0.25, 0.3) is 0 Å². The van der Waals surface area contributed by atoms with Crippen molar-refractivity contribution in [2.45, 2.75) is 0 Å². The average molecular weight is 203 g/mol. The molecule has 0 aliphatic carbocycles. The van der Waals surface area contributed by atoms with Gasteiger partial charge in [-0.15, -0.1) is 0 Å². The number of para-hydroxylation sites is 1. The topological polar surface area (TPSA) is 28.7 Å². The van der Waals surface area contributed by atoms with Gasteiger partial charge in [0, 0.05) is 17.1 Å². The van der Waals surface area contributed by atoms with E-state index in [9.17, 15) is 0 Å². The third-order valence-electron chi connectivity index (χ3n) is 2.31. The molecule has 1 aromatic carbocycles. The van der Waals surface area contributed by atoms with Gasteiger partial charge < -0.3 is 4.98 Å². The van der Waals surface area contributed by atoms with Gasteiger partial charge in [0.05, 0.1) is 16.1 Å². The van der Waals surface area contributed by atoms with E-state index >= 15 is 0 Å². The minimum atomic E-state index is 0.657. The van der Waals surface area contributed by atoms with Crippen molar-refractivity contribution < 1.29 is 0 Å². The first-order valence-electron chi connectivity index (χ1n) is 4.36. The quantitative estimate of drug-likeness (QED) is 0.595. The normalized spacial score (nSPS) is 11.2. The van der Waals surface area contributed by atoms with Crippen LogP contribution in [0.2, 0.25) is 5.02 Å². The Bertz CT molecular complexity index is 613. The lowest BCUT2D eigenvalue weighted by molar-refractivity contribution is 1.41. The van der Waals surface area contributed by atoms with E-state index < -0.39 is 0 Å². The summed E-state index contributed by atoms with van der Waals surface area (Å²) in [6, 6.07) is 9.98. The largest absolute Gasteiger partial charge is 0.353 e. The van der Waals surface area contributed by atoms with Gasteiger partial charge in [-0.25, -0.2) is 0 Å². The van der Waals surface area contributed by atoms with Crippen LogP contribution in [0.25, 0.3) is 21.9 Å². The standard InChI is InChI=1S/C11H7ClN2/c12-7-5-10-11(13-6-7)8-3-1-2-4-9(8)14-10/h1-6,14H. The van der Waals surface area contributed by atoms with Crippen LogP contribution in [0.4, 0.5) is 0 Å². The molecule has 2 heterocycles. The van der Waals surface area contributed by atoms with E-state index in [4.69, 9.17) is 11.6 Å². The molecule has 0 spiro atoms. The first-order valence-corrected chi connectivity index (χ1v) is 4.74. The van der Waals surface area contributed by atoms with Crippen LogP contribution in [-0.4, -0.2) is 9.97 Å². The van der Waals surface area contributed by atoms with E-state index in [1.165, 1.54) is 0 Å². The van der Waals surface area contributed by atoms with E-state index in [1.807, 2.05) is 24.3 Å². The molecule has 0 aliphatic rings. The van der Waals surface area contributed by atoms with Crippen LogP contribution >= 0.6 is 11.6 Å². The van der Waals surface area contributed by atoms with Gasteiger partial charge in [-0.2, -0.15) is 0 Å². The van der Waals surface area contributed by atoms with Crippen molar-refractivity contribution in [1.82, 2.24) is 9.97 Å². The minimum absolute atomic E-state index is 0.657. The zero-order valence-electron chi connectivity index (χ0n) is 7.29. The number of rotatable bonds is 0. The number of fused-ring (bicyclic) bond motifs is 3. The molecule has 0 aliphatic heterocycles. The first kappa shape index (κ1) is 7.83. The van der Waals surface area contributed by atoms with Crippen LogP contribution in [0.15, 0.2) is 36.5 Å². The number of nitrogens with one attached hydrogen (secondary N) is 1. The number of pyridine rings is 1. The van der Waals surface area contributed by atoms with E-state index in [1.54, 1.807) is 6.20 Å². The number of aromatic nitrogens is 2. The zero-order valence-corrected chi connectivity index (χ0v) is 8.05. The highest BCUT2D eigenvalue weighted by molar-refractivity contribution is 6.31. The molecule has 14 heavy (non-hydrogen) atoms. The molecular weight excluding hydrogens is 196 g/mol. The van der Waals surface area contributed by atoms with Crippen molar-refractivity contribution in [3.8, 4) is 0 Å². The Hall–Kier alpha value is -1.54. The summed E-state index contributed by atoms with van der Waals surface area (Å²) in [6.45, 7) is 0. The highest BCUT2D eigenvalue weighted by Crippen LogP contribution is 2.24. The molecule has 3 aromatic rings. The summed E-state index contributed by atoms with van der Waals surface area (Å²) in [5, 5.41) is 1.79. The smallest absolute Gasteiger partial charge is 0.0958 e. The second-order valence-corrected chi connectivity index (χ2v) is 3.66. The lowest BCUT2D eigenvalue weighted by Crippen LogP contribution is -1.73. The molecule has 3 rings (SSSR count). The molecule has 0 saturated heterocycles. The highest BCUT2D eigenvalue weighted by Gasteiger charge is 2.04. The fourth-order valence-corrected chi connectivity index (χ4v) is 1.85. The average Bonchev–Trinajstić information content (AvgIpc) is 2.54. The van der Waals surface area contributed by atoms with E-state index in [2.05, 4.69) is 16.0 Å². The Balaban J connectivity index is 2.57. The third-order valence-corrected chi connectivity index (χ3v) is 2.51. The van der Waals surface area contributed by atoms with Crippen molar-refractivity contribution in [1.29, 1.82) is 0 Å². The molecule has 2 aromatic heterocycles. The van der Waals surface area contributed by atoms with Gasteiger partial charge in [0.15, 0.2) is 0 Å². The van der Waals surface area contributed by atoms with E-state index in [0.29, 0.717) is 5.02 Å². The summed E-state index contributed by atoms with van der Waals surface area (Å²) >= 11 is 5.86. The molecule has 2 nitrogen and oxygen atoms in total. The van der Waals surface area contributed by atoms with Gasteiger partial charge in [-0.3, -0.25) is 4.98 Å². The molecular formula is C11H7ClN2. The van der Waals surface area contributed by atoms with Crippen LogP contribution in [0.5, 0.6) is 0 Å². The fraction of sp³-hybridized carbons (Fsp3) is 0. The van der Waals surface area contributed by atoms with Crippen LogP contribution in [0.1, 0.15) is 0 Å². The summed E-state index contributed by atoms with van der Waals surface area (Å²) in [4.78, 5) is 7.58. The Morgan fingerprint density at radius 2 is 2.00 bits per heavy atom. The summed E-state index contributed by atoms with van der Waals surface area (Å²) in [7, 11) is 0. The molecule has 3 heteroatoms. The monoisotopic (exact) mass is 202 g/mol. The van der Waals surface area contributed by atoms with Gasteiger partial charge in [0.2, 0.25) is 0 Å². The number of H-pyrrole nitrogens is 1. The molecule has 0 bridgehead atoms. The van der Waals surface area contributed by atoms with Crippen molar-refractivity contribution >= 4 is 33.5 Å². The Morgan fingerprint density at radius 3 is 2.93 bits per heavy atom. The lowest BCUT2D eigenvalue weighted by Gasteiger charge is -1.89. The number of nitrogens with zero attached hydrogens (tertiary/aromatic N) is 1. The number of hydrogen-bond donors (Lipinski definition) is 1. The maximum Gasteiger partial charge on any atom is 0.0958 e. The number of aromatic amines is 1. The van der Waals surface area contributed by atoms with Gasteiger partial charge in [0.1, 0.15) is 0 Å². The van der Waals surface area contributed by atoms with Crippen molar-refractivity contribution in [3.05, 3.63) is 41.6 Å². The second kappa shape index (κ2) is 2.72. The Kier molecular flexibility index (Phi) is 1.52. The molecule has 0 fully saturated rings. The zero-order chi connectivity index (χ0) is 9.54. The maximum absolute atomic E-state index is 5.86. The predicted molar refractivity (Wildman–Crippen MR) is 58.6 cm³/mol. The number of hydrogen-bond acceptors (Lipinski definition) is 1. The number of halogens is 1. The van der Waals surface area contributed by atoms with Crippen LogP contribution < -0.4 is 0 Å². The molecule has 1 N–H and O–H groups in total. The van der Waals surface area contributed by atoms with E-state index in [-0.39, 0.29) is 0 Å². The molecule has 0 radical (unpaired) electrons. The minimum Gasteiger partial charge on any atom is -0.353 e. The van der Waals surface area contributed by atoms with Crippen molar-refractivity contribution in [3.63, 3.8) is 0 Å². The first-order chi connectivity index (χ1) is 6.84. The maximum atomic E-state index is 5.86. The SMILES string of the molecule is Clc1cnc2c(c1)[nH]c1ccccc12. The fourth-order valence-electron chi connectivity index (χ4n) is 1.69. The van der Waals surface area contributed by atoms with Crippen LogP contribution in [0.3, 0.4) is 0 Å². The summed E-state index contributed by atoms with van der Waals surface area (Å²) in [5.74, 6) is 0. The molecule has 0 saturated carbocycles. The highest BCUT2D eigenvalue weighted by atomic mass is 35.5. The Morgan fingerprint density at radius 1 is 1.14 bits per heavy atom. The number of benzene rings is 1.